The molecule has 71 heavy (non-hydrogen) atoms. The second-order valence-electron chi connectivity index (χ2n) is 28.4. The fraction of sp³-hybridized carbons (Fsp3) is 0.463. The summed E-state index contributed by atoms with van der Waals surface area (Å²) in [5.74, 6) is 0. The highest BCUT2D eigenvalue weighted by Crippen LogP contribution is 2.55. The van der Waals surface area contributed by atoms with E-state index >= 15 is 0 Å². The maximum Gasteiger partial charge on any atom is 0.252 e. The van der Waals surface area contributed by atoms with Crippen LogP contribution in [0.25, 0.3) is 21.9 Å². The zero-order valence-corrected chi connectivity index (χ0v) is 46.6. The molecule has 0 spiro atoms. The van der Waals surface area contributed by atoms with Crippen molar-refractivity contribution in [1.29, 1.82) is 0 Å². The first-order chi connectivity index (χ1) is 33.0. The van der Waals surface area contributed by atoms with Crippen LogP contribution in [0.15, 0.2) is 83.3 Å². The van der Waals surface area contributed by atoms with Gasteiger partial charge in [0.2, 0.25) is 0 Å². The Morgan fingerprint density at radius 1 is 0.408 bits per heavy atom. The molecule has 3 nitrogen and oxygen atoms in total. The summed E-state index contributed by atoms with van der Waals surface area (Å²) in [6, 6.07) is 32.8. The minimum Gasteiger partial charge on any atom is -0.456 e. The molecular formula is C67H79BN2O. The third-order valence-electron chi connectivity index (χ3n) is 19.5. The van der Waals surface area contributed by atoms with Crippen molar-refractivity contribution in [2.75, 3.05) is 9.80 Å². The van der Waals surface area contributed by atoms with Gasteiger partial charge >= 0.3 is 0 Å². The van der Waals surface area contributed by atoms with Gasteiger partial charge in [-0.25, -0.2) is 0 Å². The number of hydrogen-bond donors (Lipinski definition) is 0. The smallest absolute Gasteiger partial charge is 0.252 e. The summed E-state index contributed by atoms with van der Waals surface area (Å²) in [6.45, 7) is 43.6. The Balaban J connectivity index is 1.21. The molecule has 12 rings (SSSR count). The van der Waals surface area contributed by atoms with Crippen molar-refractivity contribution < 1.29 is 4.42 Å². The van der Waals surface area contributed by atoms with Gasteiger partial charge in [0, 0.05) is 51.0 Å². The van der Waals surface area contributed by atoms with Gasteiger partial charge in [0.05, 0.1) is 0 Å². The van der Waals surface area contributed by atoms with Gasteiger partial charge in [-0.1, -0.05) is 134 Å². The fourth-order valence-electron chi connectivity index (χ4n) is 14.4. The Kier molecular flexibility index (Phi) is 9.57. The topological polar surface area (TPSA) is 19.6 Å². The predicted molar refractivity (Wildman–Crippen MR) is 307 cm³/mol. The molecule has 0 atom stereocenters. The summed E-state index contributed by atoms with van der Waals surface area (Å²) in [4.78, 5) is 5.37. The van der Waals surface area contributed by atoms with Crippen LogP contribution in [0.5, 0.6) is 0 Å². The normalized spacial score (nSPS) is 20.5. The number of rotatable bonds is 2. The van der Waals surface area contributed by atoms with Crippen LogP contribution in [0.4, 0.5) is 34.1 Å². The molecular weight excluding hydrogens is 860 g/mol. The lowest BCUT2D eigenvalue weighted by Crippen LogP contribution is -2.61. The molecule has 0 amide bonds. The number of furan rings is 1. The molecule has 6 aromatic carbocycles. The van der Waals surface area contributed by atoms with E-state index in [2.05, 4.69) is 213 Å². The molecule has 0 unspecified atom stereocenters. The van der Waals surface area contributed by atoms with Gasteiger partial charge in [-0.05, 0) is 212 Å². The molecule has 0 fully saturated rings. The molecule has 0 radical (unpaired) electrons. The zero-order valence-electron chi connectivity index (χ0n) is 46.6. The van der Waals surface area contributed by atoms with Crippen molar-refractivity contribution in [1.82, 2.24) is 0 Å². The molecule has 0 bridgehead atoms. The fourth-order valence-corrected chi connectivity index (χ4v) is 14.4. The lowest BCUT2D eigenvalue weighted by atomic mass is 9.33. The standard InChI is InChI=1S/C67H79BN2O/c1-38-27-56-60-57(28-38)70(54-35-48-45(30-40(54)3)63(9,10)22-25-66(48,15)16)55-37-59-43(42-32-46-49(36-58(42)71-59)67(17,18)26-23-64(46,11)12)33-51(55)68(60)50-31-41(61(4,5)6)19-20-52(50)69(56)53-34-47-44(29-39(53)2)62(7,8)21-24-65(47,13)14/h19-20,27-37H,21-26H2,1-18H3. The Labute approximate surface area is 426 Å². The van der Waals surface area contributed by atoms with Crippen LogP contribution < -0.4 is 26.2 Å². The summed E-state index contributed by atoms with van der Waals surface area (Å²) in [5, 5.41) is 2.45. The molecule has 4 heteroatoms. The van der Waals surface area contributed by atoms with Crippen LogP contribution in [-0.2, 0) is 37.9 Å². The Bertz CT molecular complexity index is 3470. The molecule has 3 heterocycles. The van der Waals surface area contributed by atoms with Gasteiger partial charge in [0.25, 0.3) is 6.71 Å². The lowest BCUT2D eigenvalue weighted by Gasteiger charge is -2.47. The van der Waals surface area contributed by atoms with Gasteiger partial charge in [0.1, 0.15) is 11.2 Å². The molecule has 0 N–H and O–H groups in total. The van der Waals surface area contributed by atoms with Crippen molar-refractivity contribution >= 4 is 79.2 Å². The first kappa shape index (κ1) is 46.8. The summed E-state index contributed by atoms with van der Waals surface area (Å²) < 4.78 is 7.19. The van der Waals surface area contributed by atoms with E-state index in [1.807, 2.05) is 0 Å². The van der Waals surface area contributed by atoms with Gasteiger partial charge < -0.3 is 14.2 Å². The monoisotopic (exact) mass is 939 g/mol. The SMILES string of the molecule is Cc1cc2c3c(c1)N(c1cc4c(cc1C)C(C)(C)CCC4(C)C)c1cc4oc5cc6c(cc5c4cc1B3c1cc(C(C)(C)C)ccc1N2c1cc2c(cc1C)C(C)(C)CCC2(C)C)C(C)(C)CCC6(C)C. The summed E-state index contributed by atoms with van der Waals surface area (Å²) in [6.07, 6.45) is 7.08. The van der Waals surface area contributed by atoms with Gasteiger partial charge in [0.15, 0.2) is 0 Å². The van der Waals surface area contributed by atoms with E-state index in [4.69, 9.17) is 4.42 Å². The maximum atomic E-state index is 7.19. The van der Waals surface area contributed by atoms with E-state index in [1.54, 1.807) is 0 Å². The van der Waals surface area contributed by atoms with Gasteiger partial charge in [-0.2, -0.15) is 0 Å². The summed E-state index contributed by atoms with van der Waals surface area (Å²) in [5.41, 5.74) is 28.4. The molecule has 2 aliphatic heterocycles. The van der Waals surface area contributed by atoms with E-state index in [1.165, 1.54) is 155 Å². The van der Waals surface area contributed by atoms with Crippen molar-refractivity contribution in [3.8, 4) is 0 Å². The average molecular weight is 939 g/mol. The van der Waals surface area contributed by atoms with Crippen molar-refractivity contribution in [2.45, 2.75) is 201 Å². The van der Waals surface area contributed by atoms with E-state index in [9.17, 15) is 0 Å². The van der Waals surface area contributed by atoms with Crippen LogP contribution >= 0.6 is 0 Å². The zero-order chi connectivity index (χ0) is 50.7. The number of anilines is 6. The Hall–Kier alpha value is -5.22. The highest BCUT2D eigenvalue weighted by molar-refractivity contribution is 7.00. The first-order valence-electron chi connectivity index (χ1n) is 27.2. The highest BCUT2D eigenvalue weighted by atomic mass is 16.3. The maximum absolute atomic E-state index is 7.19. The van der Waals surface area contributed by atoms with Crippen LogP contribution in [0, 0.1) is 20.8 Å². The van der Waals surface area contributed by atoms with E-state index in [0.717, 1.165) is 11.2 Å². The molecule has 0 saturated carbocycles. The Morgan fingerprint density at radius 2 is 0.803 bits per heavy atom. The molecule has 7 aromatic rings. The van der Waals surface area contributed by atoms with Gasteiger partial charge in [-0.15, -0.1) is 0 Å². The third-order valence-corrected chi connectivity index (χ3v) is 19.5. The van der Waals surface area contributed by atoms with Crippen LogP contribution in [0.2, 0.25) is 0 Å². The second kappa shape index (κ2) is 14.5. The highest BCUT2D eigenvalue weighted by Gasteiger charge is 2.47. The molecule has 1 aromatic heterocycles. The number of aryl methyl sites for hydroxylation is 3. The number of fused-ring (bicyclic) bond motifs is 10. The van der Waals surface area contributed by atoms with Crippen LogP contribution in [-0.4, -0.2) is 6.71 Å². The quantitative estimate of drug-likeness (QED) is 0.161. The molecule has 3 aliphatic carbocycles. The largest absolute Gasteiger partial charge is 0.456 e. The van der Waals surface area contributed by atoms with E-state index in [-0.39, 0.29) is 44.6 Å². The lowest BCUT2D eigenvalue weighted by molar-refractivity contribution is 0.332. The second-order valence-corrected chi connectivity index (χ2v) is 28.4. The van der Waals surface area contributed by atoms with E-state index < -0.39 is 0 Å². The van der Waals surface area contributed by atoms with Crippen LogP contribution in [0.3, 0.4) is 0 Å². The molecule has 366 valence electrons. The van der Waals surface area contributed by atoms with Crippen molar-refractivity contribution in [3.05, 3.63) is 134 Å². The van der Waals surface area contributed by atoms with Crippen molar-refractivity contribution in [2.24, 2.45) is 0 Å². The number of benzene rings is 6. The van der Waals surface area contributed by atoms with Gasteiger partial charge in [-0.3, -0.25) is 0 Å². The Morgan fingerprint density at radius 3 is 1.28 bits per heavy atom. The third kappa shape index (κ3) is 6.73. The minimum absolute atomic E-state index is 0.00985. The number of nitrogens with zero attached hydrogens (tertiary/aromatic N) is 2. The number of hydrogen-bond acceptors (Lipinski definition) is 3. The average Bonchev–Trinajstić information content (AvgIpc) is 3.63. The molecule has 0 saturated heterocycles. The summed E-state index contributed by atoms with van der Waals surface area (Å²) in [7, 11) is 0. The summed E-state index contributed by atoms with van der Waals surface area (Å²) >= 11 is 0. The minimum atomic E-state index is -0.0394. The van der Waals surface area contributed by atoms with Crippen molar-refractivity contribution in [3.63, 3.8) is 0 Å². The molecule has 5 aliphatic rings. The first-order valence-corrected chi connectivity index (χ1v) is 27.2. The predicted octanol–water partition coefficient (Wildman–Crippen LogP) is 16.9. The van der Waals surface area contributed by atoms with E-state index in [0.29, 0.717) is 0 Å². The van der Waals surface area contributed by atoms with Crippen LogP contribution in [0.1, 0.15) is 198 Å².